The number of nitrogens with one attached hydrogen (secondary N) is 1. The summed E-state index contributed by atoms with van der Waals surface area (Å²) in [5.74, 6) is -0.149. The molecule has 0 aliphatic carbocycles. The van der Waals surface area contributed by atoms with Crippen LogP contribution in [0.5, 0.6) is 0 Å². The van der Waals surface area contributed by atoms with Gasteiger partial charge < -0.3 is 0 Å². The second kappa shape index (κ2) is 24.8. The van der Waals surface area contributed by atoms with Gasteiger partial charge in [-0.2, -0.15) is 0 Å². The van der Waals surface area contributed by atoms with Gasteiger partial charge in [-0.25, -0.2) is 5.01 Å². The number of carbonyl (C=O) groups excluding carboxylic acids is 2. The van der Waals surface area contributed by atoms with Crippen LogP contribution in [0.1, 0.15) is 136 Å². The third-order valence-corrected chi connectivity index (χ3v) is 5.66. The third kappa shape index (κ3) is 21.8. The molecule has 0 aromatic heterocycles. The molecule has 33 heavy (non-hydrogen) atoms. The largest absolute Gasteiger partial charge is 0.273 e. The molecule has 2 amide bonds. The average molecular weight is 461 g/mol. The highest BCUT2D eigenvalue weighted by Crippen LogP contribution is 2.10. The minimum absolute atomic E-state index is 0.0210. The minimum Gasteiger partial charge on any atom is -0.273 e. The summed E-state index contributed by atoms with van der Waals surface area (Å²) in [6.45, 7) is 6.26. The number of nitrogens with zero attached hydrogens (tertiary/aromatic N) is 1. The molecule has 0 aromatic rings. The van der Waals surface area contributed by atoms with Crippen LogP contribution in [-0.2, 0) is 9.59 Å². The zero-order valence-corrected chi connectivity index (χ0v) is 22.0. The molecule has 4 nitrogen and oxygen atoms in total. The lowest BCUT2D eigenvalue weighted by atomic mass is 10.1. The topological polar surface area (TPSA) is 49.4 Å². The van der Waals surface area contributed by atoms with Crippen molar-refractivity contribution in [2.24, 2.45) is 0 Å². The number of amides is 2. The van der Waals surface area contributed by atoms with Crippen molar-refractivity contribution in [1.82, 2.24) is 10.4 Å². The van der Waals surface area contributed by atoms with E-state index in [9.17, 15) is 9.59 Å². The van der Waals surface area contributed by atoms with Crippen molar-refractivity contribution >= 4 is 11.8 Å². The van der Waals surface area contributed by atoms with E-state index < -0.39 is 0 Å². The van der Waals surface area contributed by atoms with Gasteiger partial charge in [-0.05, 0) is 51.4 Å². The van der Waals surface area contributed by atoms with E-state index in [1.807, 2.05) is 6.08 Å². The Hall–Kier alpha value is -1.84. The van der Waals surface area contributed by atoms with E-state index in [-0.39, 0.29) is 11.8 Å². The molecular formula is C29H52N2O2. The summed E-state index contributed by atoms with van der Waals surface area (Å²) >= 11 is 0. The Labute approximate surface area is 204 Å². The second-order valence-electron chi connectivity index (χ2n) is 8.87. The monoisotopic (exact) mass is 460 g/mol. The van der Waals surface area contributed by atoms with Crippen molar-refractivity contribution < 1.29 is 9.59 Å². The Morgan fingerprint density at radius 3 is 1.76 bits per heavy atom. The highest BCUT2D eigenvalue weighted by Gasteiger charge is 2.12. The first-order valence-corrected chi connectivity index (χ1v) is 13.7. The van der Waals surface area contributed by atoms with E-state index in [2.05, 4.69) is 43.6 Å². The molecule has 0 fully saturated rings. The lowest BCUT2D eigenvalue weighted by Gasteiger charge is -2.19. The molecule has 0 aliphatic rings. The highest BCUT2D eigenvalue weighted by molar-refractivity contribution is 5.82. The molecule has 0 unspecified atom stereocenters. The third-order valence-electron chi connectivity index (χ3n) is 5.66. The first-order chi connectivity index (χ1) is 16.2. The van der Waals surface area contributed by atoms with Gasteiger partial charge >= 0.3 is 0 Å². The van der Waals surface area contributed by atoms with Gasteiger partial charge in [0.15, 0.2) is 0 Å². The van der Waals surface area contributed by atoms with Gasteiger partial charge in [-0.15, -0.1) is 0 Å². The van der Waals surface area contributed by atoms with Crippen LogP contribution >= 0.6 is 0 Å². The molecule has 1 N–H and O–H groups in total. The zero-order valence-electron chi connectivity index (χ0n) is 22.0. The first-order valence-electron chi connectivity index (χ1n) is 13.7. The molecule has 0 bridgehead atoms. The molecule has 0 atom stereocenters. The van der Waals surface area contributed by atoms with Crippen LogP contribution in [0.25, 0.3) is 0 Å². The van der Waals surface area contributed by atoms with Crippen molar-refractivity contribution in [2.75, 3.05) is 0 Å². The van der Waals surface area contributed by atoms with Gasteiger partial charge in [0.1, 0.15) is 0 Å². The van der Waals surface area contributed by atoms with E-state index in [0.717, 1.165) is 44.9 Å². The summed E-state index contributed by atoms with van der Waals surface area (Å²) in [5, 5.41) is 1.40. The summed E-state index contributed by atoms with van der Waals surface area (Å²) in [6, 6.07) is 0. The number of hydrazine groups is 1. The number of carbonyl (C=O) groups is 2. The zero-order chi connectivity index (χ0) is 24.4. The van der Waals surface area contributed by atoms with Crippen molar-refractivity contribution in [3.63, 3.8) is 0 Å². The van der Waals surface area contributed by atoms with E-state index in [1.165, 1.54) is 62.8 Å². The summed E-state index contributed by atoms with van der Waals surface area (Å²) in [5.41, 5.74) is 2.72. The maximum Gasteiger partial charge on any atom is 0.245 e. The molecule has 0 saturated carbocycles. The fraction of sp³-hybridized carbons (Fsp3) is 0.724. The predicted molar refractivity (Wildman–Crippen MR) is 143 cm³/mol. The van der Waals surface area contributed by atoms with Crippen LogP contribution in [-0.4, -0.2) is 16.8 Å². The average Bonchev–Trinajstić information content (AvgIpc) is 2.82. The van der Waals surface area contributed by atoms with Gasteiger partial charge in [-0.1, -0.05) is 103 Å². The van der Waals surface area contributed by atoms with Crippen LogP contribution in [0.3, 0.4) is 0 Å². The fourth-order valence-electron chi connectivity index (χ4n) is 3.47. The molecule has 190 valence electrons. The van der Waals surface area contributed by atoms with Gasteiger partial charge in [0.05, 0.1) is 0 Å². The standard InChI is InChI=1S/C29H52N2O2/c1-4-7-9-11-13-14-15-16-17-18-19-21-23-25-27-31(30-28(32)6-3)29(33)26-24-22-20-12-10-8-5-2/h13-14,16-17,25,27H,4-12,15,18-24,26H2,1-3H3,(H,30,32)/b14-13-,17-16-,27-25-. The van der Waals surface area contributed by atoms with E-state index in [0.29, 0.717) is 12.8 Å². The summed E-state index contributed by atoms with van der Waals surface area (Å²) in [7, 11) is 0. The Morgan fingerprint density at radius 1 is 0.636 bits per heavy atom. The maximum absolute atomic E-state index is 12.5. The normalized spacial score (nSPS) is 11.7. The number of hydrogen-bond donors (Lipinski definition) is 1. The molecule has 0 aliphatic heterocycles. The lowest BCUT2D eigenvalue weighted by Crippen LogP contribution is -2.42. The van der Waals surface area contributed by atoms with Gasteiger partial charge in [0.2, 0.25) is 11.8 Å². The summed E-state index contributed by atoms with van der Waals surface area (Å²) in [6.07, 6.45) is 32.3. The molecule has 0 rings (SSSR count). The molecule has 0 radical (unpaired) electrons. The number of hydrogen-bond acceptors (Lipinski definition) is 2. The van der Waals surface area contributed by atoms with Crippen molar-refractivity contribution in [3.8, 4) is 0 Å². The van der Waals surface area contributed by atoms with Crippen LogP contribution in [0.4, 0.5) is 0 Å². The highest BCUT2D eigenvalue weighted by atomic mass is 16.2. The lowest BCUT2D eigenvalue weighted by molar-refractivity contribution is -0.138. The van der Waals surface area contributed by atoms with E-state index in [4.69, 9.17) is 0 Å². The van der Waals surface area contributed by atoms with Crippen molar-refractivity contribution in [1.29, 1.82) is 0 Å². The molecule has 4 heteroatoms. The predicted octanol–water partition coefficient (Wildman–Crippen LogP) is 8.55. The molecule has 0 saturated heterocycles. The summed E-state index contributed by atoms with van der Waals surface area (Å²) < 4.78 is 0. The molecule has 0 spiro atoms. The molecule has 0 heterocycles. The van der Waals surface area contributed by atoms with E-state index >= 15 is 0 Å². The fourth-order valence-corrected chi connectivity index (χ4v) is 3.47. The first kappa shape index (κ1) is 31.2. The van der Waals surface area contributed by atoms with Crippen LogP contribution < -0.4 is 5.43 Å². The number of allylic oxidation sites excluding steroid dienone is 5. The van der Waals surface area contributed by atoms with Crippen LogP contribution in [0.2, 0.25) is 0 Å². The minimum atomic E-state index is -0.128. The maximum atomic E-state index is 12.5. The number of rotatable bonds is 21. The Bertz CT molecular complexity index is 552. The smallest absolute Gasteiger partial charge is 0.245 e. The number of unbranched alkanes of at least 4 members (excludes halogenated alkanes) is 12. The Balaban J connectivity index is 4.06. The van der Waals surface area contributed by atoms with Gasteiger partial charge in [0, 0.05) is 19.0 Å². The van der Waals surface area contributed by atoms with Gasteiger partial charge in [0.25, 0.3) is 0 Å². The van der Waals surface area contributed by atoms with E-state index in [1.54, 1.807) is 13.1 Å². The Morgan fingerprint density at radius 2 is 1.15 bits per heavy atom. The second-order valence-corrected chi connectivity index (χ2v) is 8.87. The van der Waals surface area contributed by atoms with Crippen molar-refractivity contribution in [2.45, 2.75) is 136 Å². The van der Waals surface area contributed by atoms with Crippen LogP contribution in [0, 0.1) is 0 Å². The van der Waals surface area contributed by atoms with Crippen molar-refractivity contribution in [3.05, 3.63) is 36.6 Å². The molecule has 0 aromatic carbocycles. The van der Waals surface area contributed by atoms with Gasteiger partial charge in [-0.3, -0.25) is 15.0 Å². The Kier molecular flexibility index (Phi) is 23.4. The molecular weight excluding hydrogens is 408 g/mol. The SMILES string of the molecule is CCCCC/C=C\C/C=C\CCCC/C=C\N(NC(=O)CC)C(=O)CCCCCCCCC. The summed E-state index contributed by atoms with van der Waals surface area (Å²) in [4.78, 5) is 24.3. The quantitative estimate of drug-likeness (QED) is 0.106. The van der Waals surface area contributed by atoms with Crippen LogP contribution in [0.15, 0.2) is 36.6 Å².